The van der Waals surface area contributed by atoms with Gasteiger partial charge in [-0.15, -0.1) is 0 Å². The maximum atomic E-state index is 5.65. The van der Waals surface area contributed by atoms with Crippen LogP contribution in [0.2, 0.25) is 0 Å². The fraction of sp³-hybridized carbons (Fsp3) is 0.177. The highest BCUT2D eigenvalue weighted by molar-refractivity contribution is 5.82. The number of furan rings is 1. The molecule has 8 heterocycles. The zero-order valence-corrected chi connectivity index (χ0v) is 43.1. The van der Waals surface area contributed by atoms with Crippen LogP contribution < -0.4 is 36.6 Å². The first-order valence-electron chi connectivity index (χ1n) is 26.1. The van der Waals surface area contributed by atoms with Gasteiger partial charge in [-0.3, -0.25) is 15.0 Å². The summed E-state index contributed by atoms with van der Waals surface area (Å²) in [5.41, 5.74) is 15.2. The molecule has 0 saturated carbocycles. The van der Waals surface area contributed by atoms with Crippen molar-refractivity contribution in [2.45, 2.75) is 45.1 Å². The molecule has 0 atom stereocenters. The van der Waals surface area contributed by atoms with Crippen molar-refractivity contribution in [3.8, 4) is 5.75 Å². The molecule has 0 spiro atoms. The standard InChI is InChI=1S/C22H21N3O2.C20H19N5.C20H23N5/c1-26-20-6-7-21-16(15-27-22(21)14-20)8-13-24-17-2-4-18(5-3-17)25-19-9-11-23-12-10-19;1-2-19-15(14-24-20(19)23-10-1)7-13-22-16-3-5-17(6-4-16)25-18-8-11-21-12-9-18;1-2-14-25-19(15-23-20(25)3-1)10-13-22-16-4-6-17(7-5-16)24-18-8-11-21-12-9-18/h2-7,9-12,14-15,24H,8,13H2,1H3,(H,23,25);1-6,8-12,14,22H,7,13H2,(H,21,25)(H,23,24);4-9,11-12,15,22H,1-3,10,13-14H2,(H,21,24). The molecule has 7 aromatic heterocycles. The molecule has 7 N–H and O–H groups in total. The summed E-state index contributed by atoms with van der Waals surface area (Å²) in [5.74, 6) is 2.06. The normalized spacial score (nSPS) is 11.5. The highest BCUT2D eigenvalue weighted by Gasteiger charge is 2.14. The second-order valence-corrected chi connectivity index (χ2v) is 18.5. The van der Waals surface area contributed by atoms with Gasteiger partial charge < -0.3 is 50.6 Å². The Labute approximate surface area is 448 Å². The number of aromatic nitrogens is 7. The minimum Gasteiger partial charge on any atom is -0.497 e. The summed E-state index contributed by atoms with van der Waals surface area (Å²) in [4.78, 5) is 24.2. The van der Waals surface area contributed by atoms with Crippen molar-refractivity contribution in [2.75, 3.05) is 58.6 Å². The van der Waals surface area contributed by atoms with E-state index in [1.807, 2.05) is 85.5 Å². The molecule has 388 valence electrons. The highest BCUT2D eigenvalue weighted by Crippen LogP contribution is 2.27. The number of nitrogens with zero attached hydrogens (tertiary/aromatic N) is 6. The molecule has 0 saturated heterocycles. The number of benzene rings is 4. The number of hydrogen-bond acceptors (Lipinski definition) is 13. The van der Waals surface area contributed by atoms with Crippen molar-refractivity contribution >= 4 is 73.2 Å². The topological polar surface area (TPSA) is 180 Å². The second-order valence-electron chi connectivity index (χ2n) is 18.5. The van der Waals surface area contributed by atoms with Crippen molar-refractivity contribution in [1.29, 1.82) is 0 Å². The van der Waals surface area contributed by atoms with E-state index in [1.165, 1.54) is 40.9 Å². The Hall–Kier alpha value is -9.63. The van der Waals surface area contributed by atoms with E-state index in [1.54, 1.807) is 44.3 Å². The van der Waals surface area contributed by atoms with Crippen LogP contribution in [0.1, 0.15) is 35.5 Å². The van der Waals surface area contributed by atoms with E-state index in [-0.39, 0.29) is 0 Å². The predicted molar refractivity (Wildman–Crippen MR) is 312 cm³/mol. The number of pyridine rings is 4. The van der Waals surface area contributed by atoms with Gasteiger partial charge in [0.2, 0.25) is 0 Å². The molecule has 1 aliphatic heterocycles. The Balaban J connectivity index is 0.000000131. The third-order valence-electron chi connectivity index (χ3n) is 13.2. The average Bonchev–Trinajstić information content (AvgIpc) is 4.23. The molecular formula is C62H63N13O2. The van der Waals surface area contributed by atoms with Crippen molar-refractivity contribution in [3.05, 3.63) is 224 Å². The maximum Gasteiger partial charge on any atom is 0.137 e. The number of methoxy groups -OCH3 is 1. The Morgan fingerprint density at radius 3 is 1.57 bits per heavy atom. The van der Waals surface area contributed by atoms with Gasteiger partial charge in [0.05, 0.1) is 13.4 Å². The van der Waals surface area contributed by atoms with Crippen LogP contribution in [-0.2, 0) is 32.2 Å². The number of imidazole rings is 1. The monoisotopic (exact) mass is 1020 g/mol. The zero-order valence-electron chi connectivity index (χ0n) is 43.1. The van der Waals surface area contributed by atoms with E-state index < -0.39 is 0 Å². The van der Waals surface area contributed by atoms with Crippen molar-refractivity contribution in [3.63, 3.8) is 0 Å². The first-order chi connectivity index (χ1) is 38.1. The second kappa shape index (κ2) is 26.0. The number of aryl methyl sites for hydroxylation is 1. The SMILES string of the molecule is COc1ccc2c(CCNc3ccc(Nc4ccncc4)cc3)coc2c1.c1cc(Nc2ccc(NCCc3cnc4n3CCCC4)cc2)ccn1.c1cnc2[nH]cc(CCNc3ccc(Nc4ccncc4)cc3)c2c1. The van der Waals surface area contributed by atoms with Crippen LogP contribution in [0.5, 0.6) is 5.75 Å². The molecule has 0 fully saturated rings. The summed E-state index contributed by atoms with van der Waals surface area (Å²) >= 11 is 0. The van der Waals surface area contributed by atoms with E-state index in [9.17, 15) is 0 Å². The summed E-state index contributed by atoms with van der Waals surface area (Å²) < 4.78 is 13.3. The van der Waals surface area contributed by atoms with Gasteiger partial charge in [0.1, 0.15) is 22.8 Å². The quantitative estimate of drug-likeness (QED) is 0.0407. The Bertz CT molecular complexity index is 3510. The van der Waals surface area contributed by atoms with Gasteiger partial charge in [0, 0.05) is 169 Å². The van der Waals surface area contributed by atoms with Crippen molar-refractivity contribution < 1.29 is 9.15 Å². The van der Waals surface area contributed by atoms with Crippen LogP contribution >= 0.6 is 0 Å². The van der Waals surface area contributed by atoms with E-state index >= 15 is 0 Å². The highest BCUT2D eigenvalue weighted by atomic mass is 16.5. The molecule has 0 bridgehead atoms. The molecule has 15 nitrogen and oxygen atoms in total. The van der Waals surface area contributed by atoms with Crippen LogP contribution in [0.4, 0.5) is 51.2 Å². The average molecular weight is 1020 g/mol. The summed E-state index contributed by atoms with van der Waals surface area (Å²) in [6, 6.07) is 46.6. The van der Waals surface area contributed by atoms with Crippen LogP contribution in [0.25, 0.3) is 22.0 Å². The number of rotatable bonds is 19. The molecule has 0 radical (unpaired) electrons. The molecule has 0 amide bonds. The van der Waals surface area contributed by atoms with Crippen LogP contribution in [-0.4, -0.2) is 61.2 Å². The zero-order chi connectivity index (χ0) is 52.3. The van der Waals surface area contributed by atoms with Crippen LogP contribution in [0, 0.1) is 0 Å². The van der Waals surface area contributed by atoms with Crippen LogP contribution in [0.3, 0.4) is 0 Å². The predicted octanol–water partition coefficient (Wildman–Crippen LogP) is 13.6. The number of nitrogens with one attached hydrogen (secondary N) is 7. The Morgan fingerprint density at radius 2 is 1.03 bits per heavy atom. The van der Waals surface area contributed by atoms with Gasteiger partial charge in [-0.1, -0.05) is 0 Å². The van der Waals surface area contributed by atoms with E-state index in [4.69, 9.17) is 9.15 Å². The molecule has 1 aliphatic rings. The lowest BCUT2D eigenvalue weighted by molar-refractivity contribution is 0.414. The number of hydrogen-bond donors (Lipinski definition) is 7. The van der Waals surface area contributed by atoms with Gasteiger partial charge >= 0.3 is 0 Å². The maximum absolute atomic E-state index is 5.65. The summed E-state index contributed by atoms with van der Waals surface area (Å²) in [6.07, 6.45) is 24.9. The van der Waals surface area contributed by atoms with Gasteiger partial charge in [-0.2, -0.15) is 0 Å². The van der Waals surface area contributed by atoms with Gasteiger partial charge in [0.25, 0.3) is 0 Å². The lowest BCUT2D eigenvalue weighted by Gasteiger charge is -2.16. The molecule has 0 unspecified atom stereocenters. The number of H-pyrrole nitrogens is 1. The van der Waals surface area contributed by atoms with E-state index in [2.05, 4.69) is 145 Å². The van der Waals surface area contributed by atoms with Gasteiger partial charge in [0.15, 0.2) is 0 Å². The minimum absolute atomic E-state index is 0.807. The molecule has 0 aliphatic carbocycles. The fourth-order valence-corrected chi connectivity index (χ4v) is 9.12. The summed E-state index contributed by atoms with van der Waals surface area (Å²) in [5, 5.41) is 22.8. The number of anilines is 9. The molecule has 77 heavy (non-hydrogen) atoms. The smallest absolute Gasteiger partial charge is 0.137 e. The number of aromatic amines is 1. The van der Waals surface area contributed by atoms with Crippen LogP contribution in [0.15, 0.2) is 206 Å². The number of fused-ring (bicyclic) bond motifs is 3. The lowest BCUT2D eigenvalue weighted by Crippen LogP contribution is -2.15. The first-order valence-corrected chi connectivity index (χ1v) is 26.1. The first kappa shape index (κ1) is 50.9. The van der Waals surface area contributed by atoms with Gasteiger partial charge in [-0.25, -0.2) is 9.97 Å². The fourth-order valence-electron chi connectivity index (χ4n) is 9.12. The summed E-state index contributed by atoms with van der Waals surface area (Å²) in [6.45, 7) is 3.75. The van der Waals surface area contributed by atoms with Gasteiger partial charge in [-0.05, 0) is 170 Å². The molecule has 11 aromatic rings. The third kappa shape index (κ3) is 14.4. The summed E-state index contributed by atoms with van der Waals surface area (Å²) in [7, 11) is 1.66. The Kier molecular flexibility index (Phi) is 17.2. The minimum atomic E-state index is 0.807. The molecule has 4 aromatic carbocycles. The molecule has 15 heteroatoms. The third-order valence-corrected chi connectivity index (χ3v) is 13.2. The molecule has 12 rings (SSSR count). The van der Waals surface area contributed by atoms with Crippen molar-refractivity contribution in [1.82, 2.24) is 34.5 Å². The van der Waals surface area contributed by atoms with E-state index in [0.29, 0.717) is 0 Å². The lowest BCUT2D eigenvalue weighted by atomic mass is 10.1. The number of ether oxygens (including phenoxy) is 1. The molecular weight excluding hydrogens is 959 g/mol. The largest absolute Gasteiger partial charge is 0.497 e. The Morgan fingerprint density at radius 1 is 0.519 bits per heavy atom. The van der Waals surface area contributed by atoms with Crippen molar-refractivity contribution in [2.24, 2.45) is 0 Å². The van der Waals surface area contributed by atoms with E-state index in [0.717, 1.165) is 125 Å².